The van der Waals surface area contributed by atoms with Crippen LogP contribution in [-0.4, -0.2) is 37.6 Å². The first kappa shape index (κ1) is 10.6. The van der Waals surface area contributed by atoms with Gasteiger partial charge in [0.25, 0.3) is 0 Å². The van der Waals surface area contributed by atoms with Crippen LogP contribution in [0, 0.1) is 0 Å². The standard InChI is InChI=1S/C7H15N3O2S/c1-11-6-4-12-3-2-5(6)9-7(13)10-8/h5-6H,2-4,8H2,1H3,(H2,9,10,13). The normalized spacial score (nSPS) is 28.2. The van der Waals surface area contributed by atoms with Crippen LogP contribution in [0.1, 0.15) is 6.42 Å². The predicted octanol–water partition coefficient (Wildman–Crippen LogP) is -0.872. The number of ether oxygens (including phenoxy) is 2. The van der Waals surface area contributed by atoms with Gasteiger partial charge in [0.1, 0.15) is 6.10 Å². The van der Waals surface area contributed by atoms with Crippen molar-refractivity contribution in [2.75, 3.05) is 20.3 Å². The largest absolute Gasteiger partial charge is 0.379 e. The molecule has 0 saturated carbocycles. The fourth-order valence-corrected chi connectivity index (χ4v) is 1.47. The summed E-state index contributed by atoms with van der Waals surface area (Å²) in [5.41, 5.74) is 2.38. The van der Waals surface area contributed by atoms with Gasteiger partial charge in [0.15, 0.2) is 5.11 Å². The molecule has 5 nitrogen and oxygen atoms in total. The quantitative estimate of drug-likeness (QED) is 0.309. The first-order valence-electron chi connectivity index (χ1n) is 4.15. The molecule has 0 aliphatic carbocycles. The average molecular weight is 205 g/mol. The lowest BCUT2D eigenvalue weighted by Gasteiger charge is -2.31. The summed E-state index contributed by atoms with van der Waals surface area (Å²) in [4.78, 5) is 0. The molecular weight excluding hydrogens is 190 g/mol. The third-order valence-corrected chi connectivity index (χ3v) is 2.29. The van der Waals surface area contributed by atoms with E-state index in [9.17, 15) is 0 Å². The number of hydrogen-bond donors (Lipinski definition) is 3. The molecule has 0 amide bonds. The number of nitrogens with two attached hydrogens (primary N) is 1. The van der Waals surface area contributed by atoms with Crippen LogP contribution in [0.3, 0.4) is 0 Å². The molecule has 4 N–H and O–H groups in total. The maximum absolute atomic E-state index is 5.26. The van der Waals surface area contributed by atoms with Crippen LogP contribution in [0.4, 0.5) is 0 Å². The Balaban J connectivity index is 2.40. The van der Waals surface area contributed by atoms with Gasteiger partial charge in [0.05, 0.1) is 12.6 Å². The van der Waals surface area contributed by atoms with Gasteiger partial charge in [-0.05, 0) is 18.6 Å². The van der Waals surface area contributed by atoms with Gasteiger partial charge in [-0.25, -0.2) is 5.84 Å². The molecule has 0 aromatic heterocycles. The molecule has 0 aromatic carbocycles. The summed E-state index contributed by atoms with van der Waals surface area (Å²) in [5.74, 6) is 5.15. The minimum atomic E-state index is 0.0417. The molecule has 1 aliphatic rings. The van der Waals surface area contributed by atoms with Gasteiger partial charge in [0, 0.05) is 13.7 Å². The molecule has 0 spiro atoms. The van der Waals surface area contributed by atoms with E-state index in [4.69, 9.17) is 27.5 Å². The monoisotopic (exact) mass is 205 g/mol. The zero-order valence-corrected chi connectivity index (χ0v) is 8.39. The maximum atomic E-state index is 5.26. The topological polar surface area (TPSA) is 68.5 Å². The van der Waals surface area contributed by atoms with Crippen LogP contribution in [-0.2, 0) is 9.47 Å². The lowest BCUT2D eigenvalue weighted by atomic mass is 10.1. The van der Waals surface area contributed by atoms with Gasteiger partial charge in [-0.3, -0.25) is 0 Å². The zero-order chi connectivity index (χ0) is 9.68. The Morgan fingerprint density at radius 2 is 2.46 bits per heavy atom. The first-order valence-corrected chi connectivity index (χ1v) is 4.56. The van der Waals surface area contributed by atoms with E-state index in [2.05, 4.69) is 10.7 Å². The lowest BCUT2D eigenvalue weighted by molar-refractivity contribution is -0.0456. The third-order valence-electron chi connectivity index (χ3n) is 2.05. The molecule has 2 atom stereocenters. The van der Waals surface area contributed by atoms with Crippen LogP contribution in [0.25, 0.3) is 0 Å². The number of thiocarbonyl (C=S) groups is 1. The van der Waals surface area contributed by atoms with Gasteiger partial charge < -0.3 is 20.2 Å². The van der Waals surface area contributed by atoms with Gasteiger partial charge in [-0.1, -0.05) is 0 Å². The minimum absolute atomic E-state index is 0.0417. The molecule has 1 heterocycles. The van der Waals surface area contributed by atoms with E-state index in [1.807, 2.05) is 0 Å². The predicted molar refractivity (Wildman–Crippen MR) is 53.1 cm³/mol. The van der Waals surface area contributed by atoms with E-state index < -0.39 is 0 Å². The van der Waals surface area contributed by atoms with Crippen LogP contribution in [0.15, 0.2) is 0 Å². The van der Waals surface area contributed by atoms with Crippen molar-refractivity contribution in [3.63, 3.8) is 0 Å². The minimum Gasteiger partial charge on any atom is -0.379 e. The first-order chi connectivity index (χ1) is 6.27. The molecule has 1 rings (SSSR count). The van der Waals surface area contributed by atoms with Crippen LogP contribution >= 0.6 is 12.2 Å². The molecule has 76 valence electrons. The van der Waals surface area contributed by atoms with E-state index in [1.54, 1.807) is 7.11 Å². The van der Waals surface area contributed by atoms with Crippen molar-refractivity contribution in [3.8, 4) is 0 Å². The van der Waals surface area contributed by atoms with Gasteiger partial charge in [-0.2, -0.15) is 0 Å². The second kappa shape index (κ2) is 5.33. The molecule has 0 bridgehead atoms. The molecule has 1 saturated heterocycles. The van der Waals surface area contributed by atoms with Crippen molar-refractivity contribution >= 4 is 17.3 Å². The maximum Gasteiger partial charge on any atom is 0.180 e. The van der Waals surface area contributed by atoms with E-state index >= 15 is 0 Å². The van der Waals surface area contributed by atoms with E-state index in [-0.39, 0.29) is 12.1 Å². The number of rotatable bonds is 2. The molecule has 0 radical (unpaired) electrons. The summed E-state index contributed by atoms with van der Waals surface area (Å²) >= 11 is 4.89. The molecule has 1 aliphatic heterocycles. The Labute approximate surface area is 82.9 Å². The summed E-state index contributed by atoms with van der Waals surface area (Å²) in [7, 11) is 1.66. The summed E-state index contributed by atoms with van der Waals surface area (Å²) in [5, 5.41) is 3.50. The third kappa shape index (κ3) is 3.07. The van der Waals surface area contributed by atoms with E-state index in [0.717, 1.165) is 13.0 Å². The molecular formula is C7H15N3O2S. The highest BCUT2D eigenvalue weighted by atomic mass is 32.1. The van der Waals surface area contributed by atoms with Crippen molar-refractivity contribution in [1.82, 2.24) is 10.7 Å². The van der Waals surface area contributed by atoms with Crippen LogP contribution in [0.5, 0.6) is 0 Å². The molecule has 0 aromatic rings. The fraction of sp³-hybridized carbons (Fsp3) is 0.857. The molecule has 1 fully saturated rings. The number of hydrogen-bond acceptors (Lipinski definition) is 4. The number of nitrogens with one attached hydrogen (secondary N) is 2. The second-order valence-corrected chi connectivity index (χ2v) is 3.27. The highest BCUT2D eigenvalue weighted by Gasteiger charge is 2.25. The number of hydrazine groups is 1. The van der Waals surface area contributed by atoms with Crippen LogP contribution < -0.4 is 16.6 Å². The Bertz CT molecular complexity index is 179. The zero-order valence-electron chi connectivity index (χ0n) is 7.58. The smallest absolute Gasteiger partial charge is 0.180 e. The van der Waals surface area contributed by atoms with Gasteiger partial charge in [-0.15, -0.1) is 0 Å². The van der Waals surface area contributed by atoms with Crippen molar-refractivity contribution < 1.29 is 9.47 Å². The summed E-state index contributed by atoms with van der Waals surface area (Å²) in [6.45, 7) is 1.33. The summed E-state index contributed by atoms with van der Waals surface area (Å²) < 4.78 is 10.5. The van der Waals surface area contributed by atoms with Crippen LogP contribution in [0.2, 0.25) is 0 Å². The molecule has 2 unspecified atom stereocenters. The van der Waals surface area contributed by atoms with E-state index in [0.29, 0.717) is 11.7 Å². The lowest BCUT2D eigenvalue weighted by Crippen LogP contribution is -2.53. The highest BCUT2D eigenvalue weighted by Crippen LogP contribution is 2.10. The Morgan fingerprint density at radius 1 is 1.69 bits per heavy atom. The average Bonchev–Trinajstić information content (AvgIpc) is 2.18. The van der Waals surface area contributed by atoms with Gasteiger partial charge in [0.2, 0.25) is 0 Å². The Morgan fingerprint density at radius 3 is 3.08 bits per heavy atom. The fourth-order valence-electron chi connectivity index (χ4n) is 1.32. The summed E-state index contributed by atoms with van der Waals surface area (Å²) in [6, 6.07) is 0.183. The van der Waals surface area contributed by atoms with Crippen molar-refractivity contribution in [2.45, 2.75) is 18.6 Å². The van der Waals surface area contributed by atoms with Crippen molar-refractivity contribution in [2.24, 2.45) is 5.84 Å². The van der Waals surface area contributed by atoms with Crippen molar-refractivity contribution in [3.05, 3.63) is 0 Å². The highest BCUT2D eigenvalue weighted by molar-refractivity contribution is 7.80. The van der Waals surface area contributed by atoms with Crippen molar-refractivity contribution in [1.29, 1.82) is 0 Å². The molecule has 13 heavy (non-hydrogen) atoms. The summed E-state index contributed by atoms with van der Waals surface area (Å²) in [6.07, 6.45) is 0.917. The SMILES string of the molecule is COC1COCCC1NC(=S)NN. The Kier molecular flexibility index (Phi) is 4.37. The van der Waals surface area contributed by atoms with E-state index in [1.165, 1.54) is 0 Å². The molecule has 6 heteroatoms. The number of methoxy groups -OCH3 is 1. The second-order valence-electron chi connectivity index (χ2n) is 2.86. The Hall–Kier alpha value is -0.430. The van der Waals surface area contributed by atoms with Gasteiger partial charge >= 0.3 is 0 Å².